The second kappa shape index (κ2) is 7.97. The Morgan fingerprint density at radius 3 is 2.78 bits per heavy atom. The first-order valence-electron chi connectivity index (χ1n) is 9.09. The smallest absolute Gasteiger partial charge is 0.279 e. The van der Waals surface area contributed by atoms with E-state index < -0.39 is 0 Å². The van der Waals surface area contributed by atoms with E-state index in [0.29, 0.717) is 35.5 Å². The molecule has 0 aliphatic carbocycles. The Balaban J connectivity index is 1.45. The van der Waals surface area contributed by atoms with Crippen molar-refractivity contribution in [3.8, 4) is 11.5 Å². The van der Waals surface area contributed by atoms with Crippen molar-refractivity contribution >= 4 is 34.8 Å². The largest absolute Gasteiger partial charge is 0.486 e. The monoisotopic (exact) mass is 407 g/mol. The van der Waals surface area contributed by atoms with E-state index >= 15 is 0 Å². The van der Waals surface area contributed by atoms with Crippen molar-refractivity contribution in [3.63, 3.8) is 0 Å². The number of likely N-dealkylation sites (tertiary alicyclic amines) is 1. The molecule has 1 saturated heterocycles. The highest BCUT2D eigenvalue weighted by molar-refractivity contribution is 6.35. The van der Waals surface area contributed by atoms with Crippen molar-refractivity contribution in [1.29, 1.82) is 0 Å². The molecule has 142 valence electrons. The van der Waals surface area contributed by atoms with Crippen LogP contribution in [0, 0.1) is 0 Å². The summed E-state index contributed by atoms with van der Waals surface area (Å²) in [5, 5.41) is 3.90. The molecule has 2 aliphatic heterocycles. The molecule has 2 heterocycles. The zero-order valence-corrected chi connectivity index (χ0v) is 16.3. The molecule has 2 N–H and O–H groups in total. The molecule has 2 aromatic rings. The van der Waals surface area contributed by atoms with Crippen LogP contribution in [-0.4, -0.2) is 32.2 Å². The number of anilines is 1. The maximum Gasteiger partial charge on any atom is 0.279 e. The average molecular weight is 408 g/mol. The van der Waals surface area contributed by atoms with Gasteiger partial charge in [0, 0.05) is 23.4 Å². The molecule has 2 aromatic carbocycles. The Hall–Kier alpha value is -1.95. The van der Waals surface area contributed by atoms with Gasteiger partial charge in [0.25, 0.3) is 5.91 Å². The molecule has 0 radical (unpaired) electrons. The van der Waals surface area contributed by atoms with Crippen LogP contribution in [0.3, 0.4) is 0 Å². The van der Waals surface area contributed by atoms with Gasteiger partial charge in [0.2, 0.25) is 0 Å². The van der Waals surface area contributed by atoms with Crippen molar-refractivity contribution in [1.82, 2.24) is 0 Å². The van der Waals surface area contributed by atoms with E-state index in [4.69, 9.17) is 32.7 Å². The van der Waals surface area contributed by atoms with Crippen LogP contribution >= 0.6 is 23.2 Å². The van der Waals surface area contributed by atoms with Gasteiger partial charge in [-0.15, -0.1) is 0 Å². The number of benzene rings is 2. The molecule has 1 fully saturated rings. The quantitative estimate of drug-likeness (QED) is 0.818. The van der Waals surface area contributed by atoms with Gasteiger partial charge < -0.3 is 19.7 Å². The first kappa shape index (κ1) is 18.4. The second-order valence-electron chi connectivity index (χ2n) is 6.86. The van der Waals surface area contributed by atoms with Crippen molar-refractivity contribution in [3.05, 3.63) is 52.0 Å². The van der Waals surface area contributed by atoms with Crippen molar-refractivity contribution in [2.45, 2.75) is 18.9 Å². The number of amides is 1. The topological polar surface area (TPSA) is 52.0 Å². The van der Waals surface area contributed by atoms with Gasteiger partial charge in [-0.05, 0) is 36.4 Å². The van der Waals surface area contributed by atoms with Gasteiger partial charge in [-0.2, -0.15) is 0 Å². The number of carbonyl (C=O) groups excluding carboxylic acids is 1. The molecule has 0 spiro atoms. The van der Waals surface area contributed by atoms with E-state index in [1.807, 2.05) is 6.07 Å². The van der Waals surface area contributed by atoms with Gasteiger partial charge in [0.15, 0.2) is 18.0 Å². The maximum absolute atomic E-state index is 12.6. The van der Waals surface area contributed by atoms with Crippen LogP contribution in [0.15, 0.2) is 36.4 Å². The molecule has 1 unspecified atom stereocenters. The highest BCUT2D eigenvalue weighted by Gasteiger charge is 2.32. The lowest BCUT2D eigenvalue weighted by Gasteiger charge is -2.24. The van der Waals surface area contributed by atoms with Crippen LogP contribution in [0.4, 0.5) is 5.69 Å². The Kier molecular flexibility index (Phi) is 5.43. The van der Waals surface area contributed by atoms with Gasteiger partial charge in [0.1, 0.15) is 19.3 Å². The summed E-state index contributed by atoms with van der Waals surface area (Å²) in [6.07, 6.45) is 2.12. The molecular weight excluding hydrogens is 387 g/mol. The number of halogens is 2. The minimum Gasteiger partial charge on any atom is -0.486 e. The summed E-state index contributed by atoms with van der Waals surface area (Å²) >= 11 is 12.1. The van der Waals surface area contributed by atoms with Crippen molar-refractivity contribution in [2.75, 3.05) is 31.6 Å². The maximum atomic E-state index is 12.6. The highest BCUT2D eigenvalue weighted by Crippen LogP contribution is 2.33. The number of hydrogen-bond acceptors (Lipinski definition) is 3. The minimum atomic E-state index is -0.0707. The fourth-order valence-corrected chi connectivity index (χ4v) is 4.13. The van der Waals surface area contributed by atoms with Crippen LogP contribution in [0.1, 0.15) is 24.4 Å². The molecule has 0 saturated carbocycles. The van der Waals surface area contributed by atoms with Crippen LogP contribution < -0.4 is 19.7 Å². The number of rotatable bonds is 4. The first-order valence-corrected chi connectivity index (χ1v) is 9.85. The summed E-state index contributed by atoms with van der Waals surface area (Å²) in [5.41, 5.74) is 1.73. The van der Waals surface area contributed by atoms with Crippen LogP contribution in [-0.2, 0) is 4.79 Å². The molecular formula is C20H21Cl2N2O3+. The van der Waals surface area contributed by atoms with Crippen LogP contribution in [0.2, 0.25) is 10.0 Å². The summed E-state index contributed by atoms with van der Waals surface area (Å²) < 4.78 is 11.3. The predicted octanol–water partition coefficient (Wildman–Crippen LogP) is 3.12. The highest BCUT2D eigenvalue weighted by atomic mass is 35.5. The number of quaternary nitrogens is 1. The molecule has 7 heteroatoms. The lowest BCUT2D eigenvalue weighted by Crippen LogP contribution is -3.11. The van der Waals surface area contributed by atoms with Gasteiger partial charge in [-0.25, -0.2) is 0 Å². The van der Waals surface area contributed by atoms with E-state index in [9.17, 15) is 4.79 Å². The van der Waals surface area contributed by atoms with Gasteiger partial charge >= 0.3 is 0 Å². The van der Waals surface area contributed by atoms with Crippen molar-refractivity contribution < 1.29 is 19.2 Å². The number of nitrogens with one attached hydrogen (secondary N) is 2. The molecule has 0 aromatic heterocycles. The summed E-state index contributed by atoms with van der Waals surface area (Å²) in [7, 11) is 0. The zero-order chi connectivity index (χ0) is 18.8. The van der Waals surface area contributed by atoms with E-state index in [1.54, 1.807) is 18.2 Å². The third kappa shape index (κ3) is 4.15. The Labute approximate surface area is 168 Å². The summed E-state index contributed by atoms with van der Waals surface area (Å²) in [5.74, 6) is 1.51. The molecule has 0 bridgehead atoms. The van der Waals surface area contributed by atoms with Crippen molar-refractivity contribution in [2.24, 2.45) is 0 Å². The average Bonchev–Trinajstić information content (AvgIpc) is 3.12. The Bertz CT molecular complexity index is 859. The second-order valence-corrected chi connectivity index (χ2v) is 7.70. The molecule has 2 atom stereocenters. The van der Waals surface area contributed by atoms with E-state index in [0.717, 1.165) is 30.9 Å². The third-order valence-corrected chi connectivity index (χ3v) is 5.61. The lowest BCUT2D eigenvalue weighted by molar-refractivity contribution is -0.910. The number of hydrogen-bond donors (Lipinski definition) is 2. The Morgan fingerprint density at radius 2 is 1.93 bits per heavy atom. The molecule has 27 heavy (non-hydrogen) atoms. The normalized spacial score (nSPS) is 21.1. The van der Waals surface area contributed by atoms with Gasteiger partial charge in [-0.1, -0.05) is 23.2 Å². The summed E-state index contributed by atoms with van der Waals surface area (Å²) in [6, 6.07) is 11.4. The van der Waals surface area contributed by atoms with E-state index in [2.05, 4.69) is 17.4 Å². The standard InChI is InChI=1S/C20H20Cl2N2O3/c21-14-4-5-15(22)16(11-14)23-20(25)12-24-7-1-2-17(24)13-3-6-18-19(10-13)27-9-8-26-18/h3-6,10-11,17H,1-2,7-9,12H2,(H,23,25)/p+1/t17-/m1/s1. The SMILES string of the molecule is O=C(C[NH+]1CCC[C@@H]1c1ccc2c(c1)OCCO2)Nc1cc(Cl)ccc1Cl. The molecule has 4 rings (SSSR count). The lowest BCUT2D eigenvalue weighted by atomic mass is 10.0. The number of ether oxygens (including phenoxy) is 2. The molecule has 5 nitrogen and oxygen atoms in total. The fraction of sp³-hybridized carbons (Fsp3) is 0.350. The van der Waals surface area contributed by atoms with Gasteiger partial charge in [0.05, 0.1) is 17.3 Å². The zero-order valence-electron chi connectivity index (χ0n) is 14.8. The number of fused-ring (bicyclic) bond motifs is 1. The number of carbonyl (C=O) groups is 1. The predicted molar refractivity (Wildman–Crippen MR) is 105 cm³/mol. The van der Waals surface area contributed by atoms with E-state index in [-0.39, 0.29) is 11.9 Å². The van der Waals surface area contributed by atoms with Crippen LogP contribution in [0.25, 0.3) is 0 Å². The Morgan fingerprint density at radius 1 is 1.11 bits per heavy atom. The first-order chi connectivity index (χ1) is 13.1. The minimum absolute atomic E-state index is 0.0707. The summed E-state index contributed by atoms with van der Waals surface area (Å²) in [6.45, 7) is 2.48. The van der Waals surface area contributed by atoms with Gasteiger partial charge in [-0.3, -0.25) is 4.79 Å². The molecule has 2 aliphatic rings. The van der Waals surface area contributed by atoms with E-state index in [1.165, 1.54) is 10.5 Å². The molecule has 1 amide bonds. The summed E-state index contributed by atoms with van der Waals surface area (Å²) in [4.78, 5) is 13.8. The van der Waals surface area contributed by atoms with Crippen LogP contribution in [0.5, 0.6) is 11.5 Å². The third-order valence-electron chi connectivity index (χ3n) is 5.04. The fourth-order valence-electron chi connectivity index (χ4n) is 3.80.